The van der Waals surface area contributed by atoms with Crippen LogP contribution in [0.1, 0.15) is 5.56 Å². The lowest BCUT2D eigenvalue weighted by Gasteiger charge is -1.95. The van der Waals surface area contributed by atoms with Gasteiger partial charge in [-0.15, -0.1) is 0 Å². The number of aromatic nitrogens is 2. The molecule has 0 atom stereocenters. The lowest BCUT2D eigenvalue weighted by atomic mass is 10.1. The maximum atomic E-state index is 5.82. The summed E-state index contributed by atoms with van der Waals surface area (Å²) in [5.41, 5.74) is 8.74. The molecule has 0 unspecified atom stereocenters. The molecule has 0 spiro atoms. The lowest BCUT2D eigenvalue weighted by molar-refractivity contribution is 0.779. The average molecular weight is 161 g/mol. The highest BCUT2D eigenvalue weighted by Gasteiger charge is 2.02. The van der Waals surface area contributed by atoms with Crippen molar-refractivity contribution >= 4 is 16.6 Å². The van der Waals surface area contributed by atoms with Gasteiger partial charge in [0.1, 0.15) is 0 Å². The van der Waals surface area contributed by atoms with E-state index < -0.39 is 0 Å². The van der Waals surface area contributed by atoms with Gasteiger partial charge in [-0.1, -0.05) is 0 Å². The second kappa shape index (κ2) is 2.24. The van der Waals surface area contributed by atoms with Crippen molar-refractivity contribution in [3.8, 4) is 0 Å². The minimum atomic E-state index is 0.804. The van der Waals surface area contributed by atoms with Crippen LogP contribution in [0.4, 0.5) is 5.69 Å². The number of aryl methyl sites for hydroxylation is 2. The molecule has 12 heavy (non-hydrogen) atoms. The second-order valence-electron chi connectivity index (χ2n) is 3.09. The van der Waals surface area contributed by atoms with E-state index in [9.17, 15) is 0 Å². The van der Waals surface area contributed by atoms with Gasteiger partial charge < -0.3 is 5.73 Å². The molecule has 2 rings (SSSR count). The third kappa shape index (κ3) is 0.942. The Morgan fingerprint density at radius 1 is 1.42 bits per heavy atom. The molecule has 0 saturated heterocycles. The summed E-state index contributed by atoms with van der Waals surface area (Å²) in [6.07, 6.45) is 1.93. The van der Waals surface area contributed by atoms with Gasteiger partial charge in [-0.3, -0.25) is 4.68 Å². The largest absolute Gasteiger partial charge is 0.398 e. The number of rotatable bonds is 0. The van der Waals surface area contributed by atoms with Crippen LogP contribution in [-0.4, -0.2) is 9.78 Å². The number of nitrogens with two attached hydrogens (primary N) is 1. The Labute approximate surface area is 70.8 Å². The molecule has 2 N–H and O–H groups in total. The minimum absolute atomic E-state index is 0.804. The first-order valence-electron chi connectivity index (χ1n) is 3.86. The van der Waals surface area contributed by atoms with Gasteiger partial charge in [0.05, 0.1) is 5.52 Å². The summed E-state index contributed by atoms with van der Waals surface area (Å²) in [5, 5.41) is 5.30. The van der Waals surface area contributed by atoms with Crippen LogP contribution in [0.25, 0.3) is 10.9 Å². The number of hydrogen-bond acceptors (Lipinski definition) is 2. The van der Waals surface area contributed by atoms with Crippen LogP contribution in [-0.2, 0) is 7.05 Å². The van der Waals surface area contributed by atoms with E-state index in [0.717, 1.165) is 22.2 Å². The molecule has 0 radical (unpaired) electrons. The first-order chi connectivity index (χ1) is 5.66. The third-order valence-electron chi connectivity index (χ3n) is 1.92. The maximum Gasteiger partial charge on any atom is 0.0946 e. The molecule has 3 nitrogen and oxygen atoms in total. The van der Waals surface area contributed by atoms with Crippen LogP contribution in [0.5, 0.6) is 0 Å². The summed E-state index contributed by atoms with van der Waals surface area (Å²) in [4.78, 5) is 0. The molecule has 1 aromatic carbocycles. The van der Waals surface area contributed by atoms with Gasteiger partial charge in [-0.2, -0.15) is 5.10 Å². The van der Waals surface area contributed by atoms with Gasteiger partial charge in [-0.05, 0) is 24.6 Å². The van der Waals surface area contributed by atoms with Gasteiger partial charge in [-0.25, -0.2) is 0 Å². The number of fused-ring (bicyclic) bond motifs is 1. The van der Waals surface area contributed by atoms with Crippen molar-refractivity contribution in [2.75, 3.05) is 5.73 Å². The van der Waals surface area contributed by atoms with Gasteiger partial charge in [0.15, 0.2) is 0 Å². The number of nitrogen functional groups attached to an aromatic ring is 1. The molecular formula is C9H11N3. The smallest absolute Gasteiger partial charge is 0.0946 e. The van der Waals surface area contributed by atoms with E-state index >= 15 is 0 Å². The predicted octanol–water partition coefficient (Wildman–Crippen LogP) is 1.46. The Morgan fingerprint density at radius 2 is 2.17 bits per heavy atom. The van der Waals surface area contributed by atoms with E-state index in [1.807, 2.05) is 32.3 Å². The molecule has 1 aromatic heterocycles. The number of hydrogen-bond donors (Lipinski definition) is 1. The van der Waals surface area contributed by atoms with Crippen LogP contribution in [0, 0.1) is 6.92 Å². The SMILES string of the molecule is Cc1cc(N)c2cn(C)nc2c1. The van der Waals surface area contributed by atoms with Gasteiger partial charge in [0.2, 0.25) is 0 Å². The molecule has 1 heterocycles. The Morgan fingerprint density at radius 3 is 2.92 bits per heavy atom. The summed E-state index contributed by atoms with van der Waals surface area (Å²) in [6.45, 7) is 2.02. The van der Waals surface area contributed by atoms with Crippen LogP contribution >= 0.6 is 0 Å². The third-order valence-corrected chi connectivity index (χ3v) is 1.92. The molecular weight excluding hydrogens is 150 g/mol. The minimum Gasteiger partial charge on any atom is -0.398 e. The normalized spacial score (nSPS) is 10.8. The Bertz CT molecular complexity index is 429. The monoisotopic (exact) mass is 161 g/mol. The van der Waals surface area contributed by atoms with Crippen LogP contribution in [0.3, 0.4) is 0 Å². The highest BCUT2D eigenvalue weighted by atomic mass is 15.2. The first-order valence-corrected chi connectivity index (χ1v) is 3.86. The van der Waals surface area contributed by atoms with E-state index in [1.165, 1.54) is 0 Å². The van der Waals surface area contributed by atoms with E-state index in [2.05, 4.69) is 5.10 Å². The van der Waals surface area contributed by atoms with Crippen molar-refractivity contribution in [3.63, 3.8) is 0 Å². The van der Waals surface area contributed by atoms with Crippen LogP contribution in [0.2, 0.25) is 0 Å². The van der Waals surface area contributed by atoms with Crippen molar-refractivity contribution < 1.29 is 0 Å². The molecule has 0 aliphatic carbocycles. The van der Waals surface area contributed by atoms with Crippen LogP contribution in [0.15, 0.2) is 18.3 Å². The fourth-order valence-electron chi connectivity index (χ4n) is 1.42. The second-order valence-corrected chi connectivity index (χ2v) is 3.09. The van der Waals surface area contributed by atoms with Crippen molar-refractivity contribution in [2.24, 2.45) is 7.05 Å². The zero-order valence-electron chi connectivity index (χ0n) is 7.20. The fraction of sp³-hybridized carbons (Fsp3) is 0.222. The summed E-state index contributed by atoms with van der Waals surface area (Å²) < 4.78 is 1.78. The highest BCUT2D eigenvalue weighted by molar-refractivity contribution is 5.90. The molecule has 0 saturated carbocycles. The first kappa shape index (κ1) is 7.16. The molecule has 0 aliphatic rings. The maximum absolute atomic E-state index is 5.82. The Hall–Kier alpha value is -1.51. The van der Waals surface area contributed by atoms with E-state index in [-0.39, 0.29) is 0 Å². The predicted molar refractivity (Wildman–Crippen MR) is 49.9 cm³/mol. The quantitative estimate of drug-likeness (QED) is 0.594. The Kier molecular flexibility index (Phi) is 1.33. The number of nitrogens with zero attached hydrogens (tertiary/aromatic N) is 2. The van der Waals surface area contributed by atoms with E-state index in [0.29, 0.717) is 0 Å². The van der Waals surface area contributed by atoms with Crippen molar-refractivity contribution in [1.29, 1.82) is 0 Å². The molecule has 0 bridgehead atoms. The van der Waals surface area contributed by atoms with Crippen LogP contribution < -0.4 is 5.73 Å². The van der Waals surface area contributed by atoms with Gasteiger partial charge in [0, 0.05) is 24.3 Å². The van der Waals surface area contributed by atoms with Crippen molar-refractivity contribution in [1.82, 2.24) is 9.78 Å². The zero-order chi connectivity index (χ0) is 8.72. The highest BCUT2D eigenvalue weighted by Crippen LogP contribution is 2.20. The lowest BCUT2D eigenvalue weighted by Crippen LogP contribution is -1.86. The average Bonchev–Trinajstić information content (AvgIpc) is 2.29. The molecule has 62 valence electrons. The summed E-state index contributed by atoms with van der Waals surface area (Å²) in [6, 6.07) is 4.00. The fourth-order valence-corrected chi connectivity index (χ4v) is 1.42. The molecule has 0 amide bonds. The standard InChI is InChI=1S/C9H11N3/c1-6-3-8(10)7-5-12(2)11-9(7)4-6/h3-5H,10H2,1-2H3. The molecule has 2 aromatic rings. The van der Waals surface area contributed by atoms with Crippen molar-refractivity contribution in [3.05, 3.63) is 23.9 Å². The topological polar surface area (TPSA) is 43.8 Å². The summed E-state index contributed by atoms with van der Waals surface area (Å²) in [5.74, 6) is 0. The van der Waals surface area contributed by atoms with Gasteiger partial charge >= 0.3 is 0 Å². The Balaban J connectivity index is 2.88. The van der Waals surface area contributed by atoms with Gasteiger partial charge in [0.25, 0.3) is 0 Å². The molecule has 0 aliphatic heterocycles. The summed E-state index contributed by atoms with van der Waals surface area (Å²) in [7, 11) is 1.90. The van der Waals surface area contributed by atoms with Crippen molar-refractivity contribution in [2.45, 2.75) is 6.92 Å². The molecule has 3 heteroatoms. The van der Waals surface area contributed by atoms with E-state index in [1.54, 1.807) is 4.68 Å². The number of anilines is 1. The summed E-state index contributed by atoms with van der Waals surface area (Å²) >= 11 is 0. The molecule has 0 fully saturated rings. The van der Waals surface area contributed by atoms with E-state index in [4.69, 9.17) is 5.73 Å². The number of benzene rings is 1. The zero-order valence-corrected chi connectivity index (χ0v) is 7.20.